The van der Waals surface area contributed by atoms with Crippen LogP contribution in [0.1, 0.15) is 6.99 Å². The maximum absolute atomic E-state index is 12.5. The Bertz CT molecular complexity index is 314. The van der Waals surface area contributed by atoms with Crippen molar-refractivity contribution in [3.8, 4) is 0 Å². The molecule has 0 radical (unpaired) electrons. The molecule has 0 aliphatic rings. The topological polar surface area (TPSA) is 61.9 Å². The summed E-state index contributed by atoms with van der Waals surface area (Å²) in [5.74, 6) is -0.980. The van der Waals surface area contributed by atoms with Crippen molar-refractivity contribution in [2.24, 2.45) is 0 Å². The molecule has 4 heteroatoms. The number of rotatable bonds is 2. The van der Waals surface area contributed by atoms with Gasteiger partial charge in [0.05, 0.1) is 5.56 Å². The van der Waals surface area contributed by atoms with Crippen LogP contribution >= 0.6 is 0 Å². The molecule has 0 heterocycles. The first-order chi connectivity index (χ1) is 5.65. The summed E-state index contributed by atoms with van der Waals surface area (Å²) < 4.78 is 12.5. The van der Waals surface area contributed by atoms with Crippen molar-refractivity contribution in [1.82, 2.24) is 0 Å². The Kier molecular flexibility index (Phi) is 2.28. The van der Waals surface area contributed by atoms with Gasteiger partial charge in [-0.25, -0.2) is 0 Å². The highest BCUT2D eigenvalue weighted by molar-refractivity contribution is 5.97. The summed E-state index contributed by atoms with van der Waals surface area (Å²) in [4.78, 5) is 0. The second kappa shape index (κ2) is 3.21. The van der Waals surface area contributed by atoms with Crippen LogP contribution in [-0.4, -0.2) is 13.0 Å². The normalized spacial score (nSPS) is 9.50. The van der Waals surface area contributed by atoms with E-state index in [1.165, 1.54) is 6.07 Å². The third-order valence-electron chi connectivity index (χ3n) is 1.55. The summed E-state index contributed by atoms with van der Waals surface area (Å²) in [7, 11) is 1.66. The Morgan fingerprint density at radius 2 is 2.33 bits per heavy atom. The Morgan fingerprint density at radius 3 is 2.83 bits per heavy atom. The van der Waals surface area contributed by atoms with E-state index in [9.17, 15) is 4.39 Å². The van der Waals surface area contributed by atoms with E-state index in [-0.39, 0.29) is 6.99 Å². The molecule has 0 fully saturated rings. The zero-order chi connectivity index (χ0) is 9.14. The second-order valence-electron chi connectivity index (χ2n) is 2.37. The molecule has 0 saturated carbocycles. The van der Waals surface area contributed by atoms with Crippen molar-refractivity contribution in [1.29, 1.82) is 5.41 Å². The summed E-state index contributed by atoms with van der Waals surface area (Å²) in [5.41, 5.74) is 6.64. The van der Waals surface area contributed by atoms with Crippen LogP contribution in [-0.2, 0) is 0 Å². The van der Waals surface area contributed by atoms with Gasteiger partial charge in [-0.15, -0.1) is 0 Å². The van der Waals surface area contributed by atoms with Crippen LogP contribution < -0.4 is 11.1 Å². The minimum Gasteiger partial charge on any atom is -0.399 e. The van der Waals surface area contributed by atoms with E-state index in [1.807, 2.05) is 0 Å². The lowest BCUT2D eigenvalue weighted by Gasteiger charge is -2.05. The number of hydrogen-bond donors (Lipinski definition) is 3. The zero-order valence-electron chi connectivity index (χ0n) is 6.69. The smallest absolute Gasteiger partial charge is 0.214 e. The molecule has 0 bridgehead atoms. The number of nitrogens with two attached hydrogens (primary N) is 1. The predicted octanol–water partition coefficient (Wildman–Crippen LogP) is 1.85. The number of nitrogens with one attached hydrogen (secondary N) is 2. The molecule has 0 aliphatic heterocycles. The summed E-state index contributed by atoms with van der Waals surface area (Å²) in [5, 5.41) is 9.58. The number of hydrogen-bond acceptors (Lipinski definition) is 3. The molecule has 0 amide bonds. The number of benzene rings is 1. The molecule has 3 nitrogen and oxygen atoms in total. The fraction of sp³-hybridized carbons (Fsp3) is 0.125. The van der Waals surface area contributed by atoms with Crippen LogP contribution in [0.25, 0.3) is 0 Å². The fourth-order valence-electron chi connectivity index (χ4n) is 0.961. The SMILES string of the molecule is CNc1ccc(N)cc1C(=N)F.[HH]. The number of nitrogen functional groups attached to an aromatic ring is 1. The average Bonchev–Trinajstić information content (AvgIpc) is 2.04. The van der Waals surface area contributed by atoms with E-state index in [4.69, 9.17) is 11.1 Å². The van der Waals surface area contributed by atoms with E-state index in [0.717, 1.165) is 0 Å². The molecule has 0 spiro atoms. The molecule has 0 unspecified atom stereocenters. The van der Waals surface area contributed by atoms with E-state index in [1.54, 1.807) is 19.2 Å². The van der Waals surface area contributed by atoms with Crippen LogP contribution in [0.15, 0.2) is 18.2 Å². The van der Waals surface area contributed by atoms with Crippen molar-refractivity contribution < 1.29 is 5.82 Å². The van der Waals surface area contributed by atoms with E-state index in [0.29, 0.717) is 11.4 Å². The van der Waals surface area contributed by atoms with Crippen molar-refractivity contribution in [2.75, 3.05) is 18.1 Å². The lowest BCUT2D eigenvalue weighted by Crippen LogP contribution is -2.00. The largest absolute Gasteiger partial charge is 0.399 e. The van der Waals surface area contributed by atoms with Gasteiger partial charge >= 0.3 is 0 Å². The first kappa shape index (κ1) is 8.52. The van der Waals surface area contributed by atoms with Crippen LogP contribution in [0.2, 0.25) is 0 Å². The van der Waals surface area contributed by atoms with E-state index in [2.05, 4.69) is 5.32 Å². The first-order valence-electron chi connectivity index (χ1n) is 3.47. The molecule has 0 aromatic heterocycles. The molecule has 0 aliphatic carbocycles. The van der Waals surface area contributed by atoms with Crippen molar-refractivity contribution in [3.63, 3.8) is 0 Å². The van der Waals surface area contributed by atoms with Crippen molar-refractivity contribution >= 4 is 17.3 Å². The minimum atomic E-state index is -0.980. The third-order valence-corrected chi connectivity index (χ3v) is 1.55. The van der Waals surface area contributed by atoms with Gasteiger partial charge in [-0.2, -0.15) is 4.39 Å². The molecule has 1 aromatic rings. The lowest BCUT2D eigenvalue weighted by atomic mass is 10.1. The minimum absolute atomic E-state index is 0. The highest BCUT2D eigenvalue weighted by Crippen LogP contribution is 2.18. The van der Waals surface area contributed by atoms with Crippen molar-refractivity contribution in [3.05, 3.63) is 23.8 Å². The summed E-state index contributed by atoms with van der Waals surface area (Å²) in [6.07, 6.45) is 0. The predicted molar refractivity (Wildman–Crippen MR) is 50.5 cm³/mol. The van der Waals surface area contributed by atoms with E-state index < -0.39 is 5.97 Å². The van der Waals surface area contributed by atoms with Gasteiger partial charge < -0.3 is 11.1 Å². The molecular weight excluding hydrogens is 157 g/mol. The standard InChI is InChI=1S/C8H10FN3.H2/c1-12-7-3-2-5(10)4-6(7)8(9)11;/h2-4,11-12H,10H2,1H3;1H. The van der Waals surface area contributed by atoms with Crippen molar-refractivity contribution in [2.45, 2.75) is 0 Å². The summed E-state index contributed by atoms with van der Waals surface area (Å²) in [6.45, 7) is 0. The molecule has 1 rings (SSSR count). The fourth-order valence-corrected chi connectivity index (χ4v) is 0.961. The first-order valence-corrected chi connectivity index (χ1v) is 3.47. The lowest BCUT2D eigenvalue weighted by molar-refractivity contribution is 0.798. The van der Waals surface area contributed by atoms with Crippen LogP contribution in [0.5, 0.6) is 0 Å². The van der Waals surface area contributed by atoms with Crippen LogP contribution in [0.3, 0.4) is 0 Å². The quantitative estimate of drug-likeness (QED) is 0.467. The molecule has 12 heavy (non-hydrogen) atoms. The van der Waals surface area contributed by atoms with Gasteiger partial charge in [0.1, 0.15) is 0 Å². The maximum atomic E-state index is 12.5. The van der Waals surface area contributed by atoms with Gasteiger partial charge in [-0.05, 0) is 18.2 Å². The Balaban J connectivity index is 0.00000144. The molecule has 4 N–H and O–H groups in total. The molecule has 0 atom stereocenters. The van der Waals surface area contributed by atoms with E-state index >= 15 is 0 Å². The van der Waals surface area contributed by atoms with Crippen LogP contribution in [0.4, 0.5) is 15.8 Å². The second-order valence-corrected chi connectivity index (χ2v) is 2.37. The van der Waals surface area contributed by atoms with Gasteiger partial charge in [0.2, 0.25) is 5.97 Å². The zero-order valence-corrected chi connectivity index (χ0v) is 6.69. The average molecular weight is 169 g/mol. The van der Waals surface area contributed by atoms with Gasteiger partial charge in [0.25, 0.3) is 0 Å². The van der Waals surface area contributed by atoms with Crippen LogP contribution in [0, 0.1) is 5.41 Å². The Morgan fingerprint density at radius 1 is 1.67 bits per heavy atom. The summed E-state index contributed by atoms with van der Waals surface area (Å²) >= 11 is 0. The van der Waals surface area contributed by atoms with Gasteiger partial charge in [-0.1, -0.05) is 0 Å². The monoisotopic (exact) mass is 169 g/mol. The third kappa shape index (κ3) is 1.53. The summed E-state index contributed by atoms with van der Waals surface area (Å²) in [6, 6.07) is 4.71. The Hall–Kier alpha value is -1.58. The molecule has 0 saturated heterocycles. The molecule has 66 valence electrons. The molecular formula is C8H12FN3. The number of anilines is 2. The maximum Gasteiger partial charge on any atom is 0.214 e. The number of halogens is 1. The van der Waals surface area contributed by atoms with Gasteiger partial charge in [-0.3, -0.25) is 5.41 Å². The van der Waals surface area contributed by atoms with Gasteiger partial charge in [0.15, 0.2) is 0 Å². The highest BCUT2D eigenvalue weighted by Gasteiger charge is 2.05. The Labute approximate surface area is 71.4 Å². The van der Waals surface area contributed by atoms with Gasteiger partial charge in [0, 0.05) is 19.8 Å². The molecule has 1 aromatic carbocycles. The highest BCUT2D eigenvalue weighted by atomic mass is 19.1.